The van der Waals surface area contributed by atoms with Crippen molar-refractivity contribution in [2.75, 3.05) is 31.1 Å². The first-order chi connectivity index (χ1) is 12.0. The van der Waals surface area contributed by atoms with Crippen LogP contribution in [0.3, 0.4) is 0 Å². The summed E-state index contributed by atoms with van der Waals surface area (Å²) in [6.45, 7) is 3.35. The summed E-state index contributed by atoms with van der Waals surface area (Å²) >= 11 is 0. The molecule has 1 atom stereocenters. The lowest BCUT2D eigenvalue weighted by molar-refractivity contribution is -0.131. The Kier molecular flexibility index (Phi) is 5.30. The lowest BCUT2D eigenvalue weighted by atomic mass is 10.1. The maximum Gasteiger partial charge on any atom is 0.266 e. The van der Waals surface area contributed by atoms with Crippen LogP contribution in [0.25, 0.3) is 0 Å². The number of hydrogen-bond acceptors (Lipinski definition) is 7. The van der Waals surface area contributed by atoms with Gasteiger partial charge in [0, 0.05) is 33.1 Å². The average molecular weight is 346 g/mol. The highest BCUT2D eigenvalue weighted by atomic mass is 16.5. The number of carbonyl (C=O) groups excluding carboxylic acids is 1. The molecule has 0 radical (unpaired) electrons. The van der Waals surface area contributed by atoms with E-state index < -0.39 is 6.10 Å². The summed E-state index contributed by atoms with van der Waals surface area (Å²) < 4.78 is 4.98. The molecule has 8 nitrogen and oxygen atoms in total. The number of rotatable bonds is 4. The fourth-order valence-corrected chi connectivity index (χ4v) is 2.86. The Bertz CT molecular complexity index is 716. The topological polar surface area (TPSA) is 103 Å². The zero-order valence-corrected chi connectivity index (χ0v) is 14.1. The van der Waals surface area contributed by atoms with Gasteiger partial charge in [0.15, 0.2) is 0 Å². The van der Waals surface area contributed by atoms with Gasteiger partial charge in [-0.1, -0.05) is 24.3 Å². The predicted molar refractivity (Wildman–Crippen MR) is 89.9 cm³/mol. The number of benzene rings is 1. The molecule has 0 aliphatic carbocycles. The van der Waals surface area contributed by atoms with Gasteiger partial charge < -0.3 is 24.5 Å². The molecule has 2 heterocycles. The zero-order chi connectivity index (χ0) is 17.8. The van der Waals surface area contributed by atoms with Crippen molar-refractivity contribution in [1.82, 2.24) is 15.0 Å². The summed E-state index contributed by atoms with van der Waals surface area (Å²) in [6.07, 6.45) is -0.415. The van der Waals surface area contributed by atoms with Gasteiger partial charge in [-0.15, -0.1) is 0 Å². The normalized spacial score (nSPS) is 18.3. The van der Waals surface area contributed by atoms with Gasteiger partial charge in [0.1, 0.15) is 0 Å². The molecule has 2 N–H and O–H groups in total. The molecule has 3 rings (SSSR count). The highest BCUT2D eigenvalue weighted by Crippen LogP contribution is 2.14. The summed E-state index contributed by atoms with van der Waals surface area (Å²) in [5.41, 5.74) is 1.69. The van der Waals surface area contributed by atoms with Gasteiger partial charge in [-0.2, -0.15) is 4.98 Å². The first-order valence-corrected chi connectivity index (χ1v) is 8.25. The maximum atomic E-state index is 12.6. The minimum absolute atomic E-state index is 0.0159. The molecule has 0 unspecified atom stereocenters. The van der Waals surface area contributed by atoms with E-state index in [0.29, 0.717) is 31.5 Å². The molecule has 0 saturated carbocycles. The third-order valence-corrected chi connectivity index (χ3v) is 4.22. The Morgan fingerprint density at radius 2 is 1.96 bits per heavy atom. The van der Waals surface area contributed by atoms with Gasteiger partial charge in [-0.25, -0.2) is 0 Å². The molecule has 1 fully saturated rings. The summed E-state index contributed by atoms with van der Waals surface area (Å²) in [5.74, 6) is 0.861. The van der Waals surface area contributed by atoms with Crippen LogP contribution in [0.1, 0.15) is 17.0 Å². The molecule has 134 valence electrons. The average Bonchev–Trinajstić information content (AvgIpc) is 2.93. The quantitative estimate of drug-likeness (QED) is 0.811. The SMILES string of the molecule is Cc1nc(N2CCN(C(=O)Cc3ccc(CO)cc3)C[C@H](O)C2)no1. The minimum Gasteiger partial charge on any atom is -0.392 e. The second-order valence-corrected chi connectivity index (χ2v) is 6.20. The van der Waals surface area contributed by atoms with E-state index in [4.69, 9.17) is 9.63 Å². The van der Waals surface area contributed by atoms with Gasteiger partial charge in [-0.05, 0) is 16.3 Å². The predicted octanol–water partition coefficient (Wildman–Crippen LogP) is 0.123. The summed E-state index contributed by atoms with van der Waals surface area (Å²) in [4.78, 5) is 20.2. The number of amides is 1. The second-order valence-electron chi connectivity index (χ2n) is 6.20. The largest absolute Gasteiger partial charge is 0.392 e. The van der Waals surface area contributed by atoms with Crippen LogP contribution in [0.5, 0.6) is 0 Å². The lowest BCUT2D eigenvalue weighted by Crippen LogP contribution is -2.38. The number of hydrogen-bond donors (Lipinski definition) is 2. The molecule has 0 bridgehead atoms. The zero-order valence-electron chi connectivity index (χ0n) is 14.1. The van der Waals surface area contributed by atoms with Crippen molar-refractivity contribution in [1.29, 1.82) is 0 Å². The maximum absolute atomic E-state index is 12.6. The van der Waals surface area contributed by atoms with Crippen molar-refractivity contribution in [2.45, 2.75) is 26.1 Å². The molecule has 1 aliphatic rings. The Morgan fingerprint density at radius 3 is 2.60 bits per heavy atom. The van der Waals surface area contributed by atoms with Crippen molar-refractivity contribution >= 4 is 11.9 Å². The Balaban J connectivity index is 1.62. The molecular formula is C17H22N4O4. The molecule has 1 saturated heterocycles. The van der Waals surface area contributed by atoms with Crippen molar-refractivity contribution in [3.8, 4) is 0 Å². The fourth-order valence-electron chi connectivity index (χ4n) is 2.86. The van der Waals surface area contributed by atoms with Crippen LogP contribution < -0.4 is 4.90 Å². The van der Waals surface area contributed by atoms with Crippen LogP contribution in [-0.4, -0.2) is 63.4 Å². The van der Waals surface area contributed by atoms with Crippen LogP contribution in [-0.2, 0) is 17.8 Å². The molecule has 1 amide bonds. The van der Waals surface area contributed by atoms with Crippen molar-refractivity contribution in [3.05, 3.63) is 41.3 Å². The van der Waals surface area contributed by atoms with E-state index in [9.17, 15) is 9.90 Å². The van der Waals surface area contributed by atoms with Crippen molar-refractivity contribution in [2.24, 2.45) is 0 Å². The number of carbonyl (C=O) groups is 1. The number of aromatic nitrogens is 2. The van der Waals surface area contributed by atoms with E-state index in [0.717, 1.165) is 11.1 Å². The van der Waals surface area contributed by atoms with Crippen LogP contribution in [0, 0.1) is 6.92 Å². The van der Waals surface area contributed by atoms with Crippen LogP contribution in [0.15, 0.2) is 28.8 Å². The molecule has 0 spiro atoms. The van der Waals surface area contributed by atoms with Crippen molar-refractivity contribution < 1.29 is 19.5 Å². The van der Waals surface area contributed by atoms with E-state index in [1.807, 2.05) is 17.0 Å². The highest BCUT2D eigenvalue weighted by Gasteiger charge is 2.26. The van der Waals surface area contributed by atoms with Gasteiger partial charge in [0.25, 0.3) is 5.95 Å². The molecule has 1 aliphatic heterocycles. The Morgan fingerprint density at radius 1 is 1.24 bits per heavy atom. The summed E-state index contributed by atoms with van der Waals surface area (Å²) in [7, 11) is 0. The van der Waals surface area contributed by atoms with E-state index in [-0.39, 0.29) is 25.5 Å². The molecule has 25 heavy (non-hydrogen) atoms. The lowest BCUT2D eigenvalue weighted by Gasteiger charge is -2.21. The molecular weight excluding hydrogens is 324 g/mol. The Labute approximate surface area is 145 Å². The number of aryl methyl sites for hydroxylation is 1. The highest BCUT2D eigenvalue weighted by molar-refractivity contribution is 5.79. The number of anilines is 1. The van der Waals surface area contributed by atoms with Gasteiger partial charge in [0.2, 0.25) is 11.8 Å². The second kappa shape index (κ2) is 7.62. The Hall–Kier alpha value is -2.45. The number of aliphatic hydroxyl groups is 2. The molecule has 1 aromatic carbocycles. The van der Waals surface area contributed by atoms with E-state index in [1.54, 1.807) is 24.0 Å². The summed E-state index contributed by atoms with van der Waals surface area (Å²) in [5, 5.41) is 23.2. The van der Waals surface area contributed by atoms with Crippen LogP contribution in [0.4, 0.5) is 5.95 Å². The molecule has 8 heteroatoms. The third-order valence-electron chi connectivity index (χ3n) is 4.22. The molecule has 1 aromatic heterocycles. The van der Waals surface area contributed by atoms with Gasteiger partial charge in [0.05, 0.1) is 19.1 Å². The van der Waals surface area contributed by atoms with E-state index in [2.05, 4.69) is 10.1 Å². The first kappa shape index (κ1) is 17.4. The fraction of sp³-hybridized carbons (Fsp3) is 0.471. The monoisotopic (exact) mass is 346 g/mol. The van der Waals surface area contributed by atoms with Crippen molar-refractivity contribution in [3.63, 3.8) is 0 Å². The van der Waals surface area contributed by atoms with Gasteiger partial charge in [-0.3, -0.25) is 4.79 Å². The number of β-amino-alcohol motifs (C(OH)–C–C–N with tert-alkyl or cyclic N) is 1. The summed E-state index contributed by atoms with van der Waals surface area (Å²) in [6, 6.07) is 7.29. The number of aliphatic hydroxyl groups excluding tert-OH is 2. The van der Waals surface area contributed by atoms with Crippen LogP contribution in [0.2, 0.25) is 0 Å². The molecule has 2 aromatic rings. The van der Waals surface area contributed by atoms with Crippen LogP contribution >= 0.6 is 0 Å². The third kappa shape index (κ3) is 4.34. The minimum atomic E-state index is -0.679. The van der Waals surface area contributed by atoms with E-state index in [1.165, 1.54) is 0 Å². The standard InChI is InChI=1S/C17H22N4O4/c1-12-18-17(19-25-12)21-7-6-20(9-15(23)10-21)16(24)8-13-2-4-14(11-22)5-3-13/h2-5,15,22-23H,6-11H2,1H3/t15-/m0/s1. The van der Waals surface area contributed by atoms with Gasteiger partial charge >= 0.3 is 0 Å². The smallest absolute Gasteiger partial charge is 0.266 e. The van der Waals surface area contributed by atoms with E-state index >= 15 is 0 Å². The number of nitrogens with zero attached hydrogens (tertiary/aromatic N) is 4. The first-order valence-electron chi connectivity index (χ1n) is 8.25.